The molecule has 0 spiro atoms. The van der Waals surface area contributed by atoms with Gasteiger partial charge in [-0.25, -0.2) is 0 Å². The van der Waals surface area contributed by atoms with E-state index in [0.29, 0.717) is 5.92 Å². The third-order valence-corrected chi connectivity index (χ3v) is 3.61. The molecular formula is C13H22N2O. The summed E-state index contributed by atoms with van der Waals surface area (Å²) < 4.78 is 1.92. The van der Waals surface area contributed by atoms with Gasteiger partial charge >= 0.3 is 0 Å². The summed E-state index contributed by atoms with van der Waals surface area (Å²) in [6.07, 6.45) is 8.99. The highest BCUT2D eigenvalue weighted by atomic mass is 16.3. The van der Waals surface area contributed by atoms with Gasteiger partial charge in [0.1, 0.15) is 0 Å². The van der Waals surface area contributed by atoms with Crippen molar-refractivity contribution in [1.29, 1.82) is 0 Å². The quantitative estimate of drug-likeness (QED) is 0.852. The highest BCUT2D eigenvalue weighted by molar-refractivity contribution is 5.09. The Kier molecular flexibility index (Phi) is 3.33. The van der Waals surface area contributed by atoms with Gasteiger partial charge in [-0.2, -0.15) is 5.10 Å². The number of hydrogen-bond acceptors (Lipinski definition) is 2. The zero-order valence-electron chi connectivity index (χ0n) is 10.3. The number of nitrogens with zero attached hydrogens (tertiary/aromatic N) is 2. The van der Waals surface area contributed by atoms with Crippen LogP contribution in [0.15, 0.2) is 12.4 Å². The molecule has 2 unspecified atom stereocenters. The van der Waals surface area contributed by atoms with E-state index in [2.05, 4.69) is 25.1 Å². The summed E-state index contributed by atoms with van der Waals surface area (Å²) in [5, 5.41) is 14.8. The van der Waals surface area contributed by atoms with Crippen LogP contribution < -0.4 is 0 Å². The predicted octanol–water partition coefficient (Wildman–Crippen LogP) is 2.39. The van der Waals surface area contributed by atoms with Gasteiger partial charge in [0.05, 0.1) is 11.8 Å². The van der Waals surface area contributed by atoms with Crippen molar-refractivity contribution in [2.24, 2.45) is 5.92 Å². The first kappa shape index (κ1) is 11.6. The van der Waals surface area contributed by atoms with Crippen molar-refractivity contribution in [1.82, 2.24) is 9.78 Å². The first-order valence-corrected chi connectivity index (χ1v) is 6.35. The van der Waals surface area contributed by atoms with Crippen LogP contribution in [0, 0.1) is 5.92 Å². The molecule has 1 N–H and O–H groups in total. The van der Waals surface area contributed by atoms with E-state index in [9.17, 15) is 5.11 Å². The minimum atomic E-state index is -0.487. The first-order chi connectivity index (χ1) is 7.61. The lowest BCUT2D eigenvalue weighted by Crippen LogP contribution is -2.36. The Morgan fingerprint density at radius 1 is 1.62 bits per heavy atom. The highest BCUT2D eigenvalue weighted by Crippen LogP contribution is 2.34. The maximum absolute atomic E-state index is 10.5. The van der Waals surface area contributed by atoms with Crippen molar-refractivity contribution >= 4 is 0 Å². The summed E-state index contributed by atoms with van der Waals surface area (Å²) in [7, 11) is 0. The molecule has 1 aliphatic carbocycles. The standard InChI is InChI=1S/C13H22N2O/c1-3-15-10-12(9-14-15)8-13(16)6-4-5-11(2)7-13/h9-11,16H,3-8H2,1-2H3. The number of rotatable bonds is 3. The fourth-order valence-electron chi connectivity index (χ4n) is 2.84. The van der Waals surface area contributed by atoms with E-state index in [1.807, 2.05) is 10.9 Å². The number of aryl methyl sites for hydroxylation is 1. The van der Waals surface area contributed by atoms with Gasteiger partial charge in [-0.15, -0.1) is 0 Å². The molecule has 1 heterocycles. The molecule has 0 aliphatic heterocycles. The van der Waals surface area contributed by atoms with Crippen molar-refractivity contribution in [3.63, 3.8) is 0 Å². The SMILES string of the molecule is CCn1cc(CC2(O)CCCC(C)C2)cn1. The van der Waals surface area contributed by atoms with Gasteiger partial charge < -0.3 is 5.11 Å². The molecule has 0 saturated heterocycles. The Morgan fingerprint density at radius 3 is 3.06 bits per heavy atom. The summed E-state index contributed by atoms with van der Waals surface area (Å²) in [5.41, 5.74) is 0.678. The number of aromatic nitrogens is 2. The Hall–Kier alpha value is -0.830. The maximum Gasteiger partial charge on any atom is 0.0691 e. The van der Waals surface area contributed by atoms with Crippen molar-refractivity contribution in [3.8, 4) is 0 Å². The molecule has 0 radical (unpaired) electrons. The second-order valence-corrected chi connectivity index (χ2v) is 5.31. The smallest absolute Gasteiger partial charge is 0.0691 e. The molecule has 3 nitrogen and oxygen atoms in total. The Balaban J connectivity index is 2.02. The van der Waals surface area contributed by atoms with Crippen LogP contribution in [-0.4, -0.2) is 20.5 Å². The zero-order chi connectivity index (χ0) is 11.6. The molecule has 1 aromatic rings. The average molecular weight is 222 g/mol. The van der Waals surface area contributed by atoms with Gasteiger partial charge in [-0.3, -0.25) is 4.68 Å². The third kappa shape index (κ3) is 2.64. The first-order valence-electron chi connectivity index (χ1n) is 6.35. The van der Waals surface area contributed by atoms with Crippen LogP contribution >= 0.6 is 0 Å². The summed E-state index contributed by atoms with van der Waals surface area (Å²) in [6, 6.07) is 0. The van der Waals surface area contributed by atoms with Crippen molar-refractivity contribution in [2.75, 3.05) is 0 Å². The van der Waals surface area contributed by atoms with Crippen molar-refractivity contribution in [2.45, 2.75) is 58.1 Å². The highest BCUT2D eigenvalue weighted by Gasteiger charge is 2.32. The molecule has 1 aromatic heterocycles. The van der Waals surface area contributed by atoms with E-state index in [0.717, 1.165) is 32.2 Å². The van der Waals surface area contributed by atoms with Crippen LogP contribution in [0.2, 0.25) is 0 Å². The molecule has 1 saturated carbocycles. The fraction of sp³-hybridized carbons (Fsp3) is 0.769. The van der Waals surface area contributed by atoms with Gasteiger partial charge in [0, 0.05) is 19.2 Å². The molecule has 0 bridgehead atoms. The number of hydrogen-bond donors (Lipinski definition) is 1. The lowest BCUT2D eigenvalue weighted by atomic mass is 9.76. The van der Waals surface area contributed by atoms with Crippen LogP contribution in [0.3, 0.4) is 0 Å². The lowest BCUT2D eigenvalue weighted by molar-refractivity contribution is -0.0124. The Labute approximate surface area is 97.5 Å². The van der Waals surface area contributed by atoms with E-state index in [1.54, 1.807) is 0 Å². The molecule has 90 valence electrons. The van der Waals surface area contributed by atoms with E-state index >= 15 is 0 Å². The van der Waals surface area contributed by atoms with E-state index in [-0.39, 0.29) is 0 Å². The summed E-state index contributed by atoms with van der Waals surface area (Å²) >= 11 is 0. The summed E-state index contributed by atoms with van der Waals surface area (Å²) in [5.74, 6) is 0.653. The van der Waals surface area contributed by atoms with Crippen LogP contribution in [0.25, 0.3) is 0 Å². The summed E-state index contributed by atoms with van der Waals surface area (Å²) in [6.45, 7) is 5.21. The number of aliphatic hydroxyl groups is 1. The molecule has 0 amide bonds. The van der Waals surface area contributed by atoms with Crippen LogP contribution in [0.5, 0.6) is 0 Å². The van der Waals surface area contributed by atoms with Crippen LogP contribution in [-0.2, 0) is 13.0 Å². The minimum absolute atomic E-state index is 0.487. The van der Waals surface area contributed by atoms with E-state index in [4.69, 9.17) is 0 Å². The Bertz CT molecular complexity index is 347. The van der Waals surface area contributed by atoms with Crippen LogP contribution in [0.4, 0.5) is 0 Å². The van der Waals surface area contributed by atoms with Gasteiger partial charge in [0.2, 0.25) is 0 Å². The average Bonchev–Trinajstić information content (AvgIpc) is 2.64. The lowest BCUT2D eigenvalue weighted by Gasteiger charge is -2.35. The fourth-order valence-corrected chi connectivity index (χ4v) is 2.84. The van der Waals surface area contributed by atoms with Gasteiger partial charge in [-0.1, -0.05) is 19.8 Å². The van der Waals surface area contributed by atoms with Crippen molar-refractivity contribution in [3.05, 3.63) is 18.0 Å². The topological polar surface area (TPSA) is 38.0 Å². The third-order valence-electron chi connectivity index (χ3n) is 3.61. The van der Waals surface area contributed by atoms with Gasteiger partial charge in [-0.05, 0) is 31.2 Å². The van der Waals surface area contributed by atoms with Gasteiger partial charge in [0.15, 0.2) is 0 Å². The minimum Gasteiger partial charge on any atom is -0.390 e. The largest absolute Gasteiger partial charge is 0.390 e. The maximum atomic E-state index is 10.5. The second-order valence-electron chi connectivity index (χ2n) is 5.31. The summed E-state index contributed by atoms with van der Waals surface area (Å²) in [4.78, 5) is 0. The molecule has 2 atom stereocenters. The van der Waals surface area contributed by atoms with E-state index < -0.39 is 5.60 Å². The van der Waals surface area contributed by atoms with E-state index in [1.165, 1.54) is 12.0 Å². The predicted molar refractivity (Wildman–Crippen MR) is 64.2 cm³/mol. The molecule has 0 aromatic carbocycles. The monoisotopic (exact) mass is 222 g/mol. The molecule has 1 fully saturated rings. The molecule has 16 heavy (non-hydrogen) atoms. The van der Waals surface area contributed by atoms with Crippen LogP contribution in [0.1, 0.15) is 45.1 Å². The van der Waals surface area contributed by atoms with Crippen molar-refractivity contribution < 1.29 is 5.11 Å². The Morgan fingerprint density at radius 2 is 2.44 bits per heavy atom. The molecular weight excluding hydrogens is 200 g/mol. The molecule has 3 heteroatoms. The second kappa shape index (κ2) is 4.58. The zero-order valence-corrected chi connectivity index (χ0v) is 10.3. The normalized spacial score (nSPS) is 30.6. The molecule has 2 rings (SSSR count). The molecule has 1 aliphatic rings. The van der Waals surface area contributed by atoms with Gasteiger partial charge in [0.25, 0.3) is 0 Å².